The van der Waals surface area contributed by atoms with Crippen LogP contribution < -0.4 is 0 Å². The van der Waals surface area contributed by atoms with E-state index in [9.17, 15) is 4.79 Å². The van der Waals surface area contributed by atoms with Gasteiger partial charge in [-0.1, -0.05) is 0 Å². The average molecular weight is 335 g/mol. The normalized spacial score (nSPS) is 15.4. The van der Waals surface area contributed by atoms with Gasteiger partial charge in [-0.15, -0.1) is 0 Å². The molecule has 1 saturated heterocycles. The molecule has 0 aliphatic carbocycles. The van der Waals surface area contributed by atoms with Crippen molar-refractivity contribution in [3.05, 3.63) is 78.5 Å². The van der Waals surface area contributed by atoms with Gasteiger partial charge in [0.15, 0.2) is 0 Å². The van der Waals surface area contributed by atoms with Crippen molar-refractivity contribution in [1.29, 1.82) is 0 Å². The Kier molecular flexibility index (Phi) is 4.39. The number of rotatable bonds is 4. The second-order valence-corrected chi connectivity index (χ2v) is 6.28. The first-order chi connectivity index (χ1) is 12.3. The molecule has 0 spiro atoms. The quantitative estimate of drug-likeness (QED) is 0.736. The Labute approximate surface area is 147 Å². The lowest BCUT2D eigenvalue weighted by molar-refractivity contribution is 0.0620. The molecule has 25 heavy (non-hydrogen) atoms. The Morgan fingerprint density at radius 3 is 2.28 bits per heavy atom. The minimum absolute atomic E-state index is 0.108. The maximum Gasteiger partial charge on any atom is 0.253 e. The van der Waals surface area contributed by atoms with Gasteiger partial charge in [0.2, 0.25) is 0 Å². The van der Waals surface area contributed by atoms with E-state index >= 15 is 0 Å². The summed E-state index contributed by atoms with van der Waals surface area (Å²) in [4.78, 5) is 17.0. The van der Waals surface area contributed by atoms with E-state index in [4.69, 9.17) is 4.42 Å². The molecule has 128 valence electrons. The number of carbonyl (C=O) groups excluding carboxylic acids is 1. The van der Waals surface area contributed by atoms with Crippen LogP contribution in [0.1, 0.15) is 16.1 Å². The molecule has 5 nitrogen and oxygen atoms in total. The van der Waals surface area contributed by atoms with Crippen LogP contribution in [0.2, 0.25) is 0 Å². The fourth-order valence-electron chi connectivity index (χ4n) is 3.20. The van der Waals surface area contributed by atoms with E-state index in [-0.39, 0.29) is 5.91 Å². The Hall–Kier alpha value is -2.79. The highest BCUT2D eigenvalue weighted by atomic mass is 16.3. The molecule has 3 heterocycles. The molecule has 0 N–H and O–H groups in total. The average Bonchev–Trinajstić information content (AvgIpc) is 3.36. The predicted octanol–water partition coefficient (Wildman–Crippen LogP) is 3.03. The second kappa shape index (κ2) is 6.99. The second-order valence-electron chi connectivity index (χ2n) is 6.28. The van der Waals surface area contributed by atoms with Crippen LogP contribution in [0.5, 0.6) is 0 Å². The van der Waals surface area contributed by atoms with Gasteiger partial charge in [-0.25, -0.2) is 0 Å². The number of hydrogen-bond acceptors (Lipinski definition) is 3. The maximum absolute atomic E-state index is 12.7. The van der Waals surface area contributed by atoms with Gasteiger partial charge >= 0.3 is 0 Å². The van der Waals surface area contributed by atoms with Crippen LogP contribution in [0, 0.1) is 0 Å². The monoisotopic (exact) mass is 335 g/mol. The van der Waals surface area contributed by atoms with Crippen molar-refractivity contribution in [3.8, 4) is 5.69 Å². The van der Waals surface area contributed by atoms with Crippen molar-refractivity contribution in [2.24, 2.45) is 0 Å². The molecule has 0 radical (unpaired) electrons. The highest BCUT2D eigenvalue weighted by Gasteiger charge is 2.22. The van der Waals surface area contributed by atoms with Gasteiger partial charge in [0, 0.05) is 49.8 Å². The zero-order valence-corrected chi connectivity index (χ0v) is 14.0. The van der Waals surface area contributed by atoms with Crippen molar-refractivity contribution >= 4 is 5.91 Å². The minimum atomic E-state index is 0.108. The van der Waals surface area contributed by atoms with Crippen LogP contribution in [0.3, 0.4) is 0 Å². The summed E-state index contributed by atoms with van der Waals surface area (Å²) in [5, 5.41) is 0. The molecule has 1 amide bonds. The predicted molar refractivity (Wildman–Crippen MR) is 95.7 cm³/mol. The Balaban J connectivity index is 1.35. The number of carbonyl (C=O) groups is 1. The SMILES string of the molecule is O=C(c1ccc(-n2cccc2)cc1)N1CCN(Cc2ccco2)CC1. The number of hydrogen-bond donors (Lipinski definition) is 0. The number of amides is 1. The summed E-state index contributed by atoms with van der Waals surface area (Å²) in [6, 6.07) is 15.7. The van der Waals surface area contributed by atoms with Crippen molar-refractivity contribution in [2.45, 2.75) is 6.54 Å². The topological polar surface area (TPSA) is 41.6 Å². The Bertz CT molecular complexity index is 799. The molecule has 2 aromatic heterocycles. The zero-order chi connectivity index (χ0) is 17.1. The third-order valence-corrected chi connectivity index (χ3v) is 4.64. The van der Waals surface area contributed by atoms with E-state index in [0.29, 0.717) is 0 Å². The summed E-state index contributed by atoms with van der Waals surface area (Å²) in [5.74, 6) is 1.08. The lowest BCUT2D eigenvalue weighted by Gasteiger charge is -2.34. The van der Waals surface area contributed by atoms with Crippen molar-refractivity contribution < 1.29 is 9.21 Å². The molecule has 3 aromatic rings. The van der Waals surface area contributed by atoms with Crippen LogP contribution in [-0.4, -0.2) is 46.5 Å². The molecule has 0 unspecified atom stereocenters. The Morgan fingerprint density at radius 2 is 1.64 bits per heavy atom. The lowest BCUT2D eigenvalue weighted by atomic mass is 10.1. The van der Waals surface area contributed by atoms with Crippen LogP contribution >= 0.6 is 0 Å². The minimum Gasteiger partial charge on any atom is -0.468 e. The summed E-state index contributed by atoms with van der Waals surface area (Å²) in [7, 11) is 0. The van der Waals surface area contributed by atoms with E-state index in [1.807, 2.05) is 70.4 Å². The summed E-state index contributed by atoms with van der Waals surface area (Å²) in [5.41, 5.74) is 1.81. The molecular weight excluding hydrogens is 314 g/mol. The maximum atomic E-state index is 12.7. The van der Waals surface area contributed by atoms with Crippen LogP contribution in [0.25, 0.3) is 5.69 Å². The first-order valence-electron chi connectivity index (χ1n) is 8.57. The Morgan fingerprint density at radius 1 is 0.920 bits per heavy atom. The van der Waals surface area contributed by atoms with E-state index < -0.39 is 0 Å². The van der Waals surface area contributed by atoms with Crippen LogP contribution in [0.15, 0.2) is 71.6 Å². The molecular formula is C20H21N3O2. The third kappa shape index (κ3) is 3.51. The first kappa shape index (κ1) is 15.7. The molecule has 5 heteroatoms. The molecule has 1 aromatic carbocycles. The molecule has 0 saturated carbocycles. The number of furan rings is 1. The van der Waals surface area contributed by atoms with Gasteiger partial charge in [-0.3, -0.25) is 9.69 Å². The van der Waals surface area contributed by atoms with Crippen molar-refractivity contribution in [3.63, 3.8) is 0 Å². The van der Waals surface area contributed by atoms with Crippen LogP contribution in [0.4, 0.5) is 0 Å². The highest BCUT2D eigenvalue weighted by Crippen LogP contribution is 2.14. The largest absolute Gasteiger partial charge is 0.468 e. The van der Waals surface area contributed by atoms with E-state index in [1.54, 1.807) is 6.26 Å². The van der Waals surface area contributed by atoms with Crippen molar-refractivity contribution in [1.82, 2.24) is 14.4 Å². The summed E-state index contributed by atoms with van der Waals surface area (Å²) >= 11 is 0. The van der Waals surface area contributed by atoms with Crippen LogP contribution in [-0.2, 0) is 6.54 Å². The molecule has 1 fully saturated rings. The number of benzene rings is 1. The highest BCUT2D eigenvalue weighted by molar-refractivity contribution is 5.94. The van der Waals surface area contributed by atoms with Crippen molar-refractivity contribution in [2.75, 3.05) is 26.2 Å². The summed E-state index contributed by atoms with van der Waals surface area (Å²) < 4.78 is 7.43. The molecule has 1 aliphatic heterocycles. The van der Waals surface area contributed by atoms with Gasteiger partial charge < -0.3 is 13.9 Å². The summed E-state index contributed by atoms with van der Waals surface area (Å²) in [6.45, 7) is 4.04. The smallest absolute Gasteiger partial charge is 0.253 e. The third-order valence-electron chi connectivity index (χ3n) is 4.64. The van der Waals surface area contributed by atoms with Gasteiger partial charge in [-0.2, -0.15) is 0 Å². The first-order valence-corrected chi connectivity index (χ1v) is 8.57. The lowest BCUT2D eigenvalue weighted by Crippen LogP contribution is -2.48. The summed E-state index contributed by atoms with van der Waals surface area (Å²) in [6.07, 6.45) is 5.69. The van der Waals surface area contributed by atoms with Gasteiger partial charge in [0.25, 0.3) is 5.91 Å². The fraction of sp³-hybridized carbons (Fsp3) is 0.250. The number of aromatic nitrogens is 1. The number of piperazine rings is 1. The van der Waals surface area contributed by atoms with E-state index in [0.717, 1.165) is 49.7 Å². The zero-order valence-electron chi connectivity index (χ0n) is 14.0. The number of nitrogens with zero attached hydrogens (tertiary/aromatic N) is 3. The van der Waals surface area contributed by atoms with Gasteiger partial charge in [-0.05, 0) is 48.5 Å². The van der Waals surface area contributed by atoms with E-state index in [1.165, 1.54) is 0 Å². The molecule has 1 aliphatic rings. The standard InChI is InChI=1S/C20H21N3O2/c24-20(17-5-7-18(8-6-17)22-9-1-2-10-22)23-13-11-21(12-14-23)16-19-4-3-15-25-19/h1-10,15H,11-14,16H2. The molecule has 0 atom stereocenters. The fourth-order valence-corrected chi connectivity index (χ4v) is 3.20. The van der Waals surface area contributed by atoms with E-state index in [2.05, 4.69) is 4.90 Å². The van der Waals surface area contributed by atoms with Gasteiger partial charge in [0.1, 0.15) is 5.76 Å². The molecule has 4 rings (SSSR count). The van der Waals surface area contributed by atoms with Gasteiger partial charge in [0.05, 0.1) is 12.8 Å². The molecule has 0 bridgehead atoms.